The zero-order chi connectivity index (χ0) is 14.5. The lowest BCUT2D eigenvalue weighted by Gasteiger charge is -2.10. The number of rotatable bonds is 4. The Morgan fingerprint density at radius 1 is 0.667 bits per heavy atom. The fourth-order valence-electron chi connectivity index (χ4n) is 2.01. The largest absolute Gasteiger partial charge is 0.457 e. The van der Waals surface area contributed by atoms with Crippen LogP contribution in [0.3, 0.4) is 0 Å². The van der Waals surface area contributed by atoms with E-state index >= 15 is 0 Å². The van der Waals surface area contributed by atoms with Gasteiger partial charge in [-0.2, -0.15) is 0 Å². The first-order chi connectivity index (χ1) is 10.3. The van der Waals surface area contributed by atoms with E-state index in [1.165, 1.54) is 12.1 Å². The molecule has 3 aromatic rings. The molecule has 0 aliphatic heterocycles. The molecule has 1 N–H and O–H groups in total. The normalized spacial score (nSPS) is 10.1. The highest BCUT2D eigenvalue weighted by molar-refractivity contribution is 5.61. The summed E-state index contributed by atoms with van der Waals surface area (Å²) in [6, 6.07) is 23.5. The number of halogens is 1. The van der Waals surface area contributed by atoms with Crippen molar-refractivity contribution in [1.29, 1.82) is 0 Å². The van der Waals surface area contributed by atoms with E-state index in [0.717, 1.165) is 5.69 Å². The van der Waals surface area contributed by atoms with Gasteiger partial charge < -0.3 is 10.1 Å². The van der Waals surface area contributed by atoms with Crippen LogP contribution in [-0.4, -0.2) is 0 Å². The molecule has 0 fully saturated rings. The smallest absolute Gasteiger partial charge is 0.132 e. The van der Waals surface area contributed by atoms with Gasteiger partial charge in [0.15, 0.2) is 0 Å². The molecule has 0 radical (unpaired) electrons. The summed E-state index contributed by atoms with van der Waals surface area (Å²) in [5.74, 6) is 0.787. The highest BCUT2D eigenvalue weighted by atomic mass is 19.1. The van der Waals surface area contributed by atoms with Crippen LogP contribution in [0.5, 0.6) is 11.5 Å². The average molecular weight is 279 g/mol. The maximum atomic E-state index is 13.7. The zero-order valence-electron chi connectivity index (χ0n) is 11.3. The highest BCUT2D eigenvalue weighted by Crippen LogP contribution is 2.27. The fraction of sp³-hybridized carbons (Fsp3) is 0. The maximum absolute atomic E-state index is 13.7. The lowest BCUT2D eigenvalue weighted by atomic mass is 10.2. The summed E-state index contributed by atoms with van der Waals surface area (Å²) in [4.78, 5) is 0. The number of nitrogens with one attached hydrogen (secondary N) is 1. The lowest BCUT2D eigenvalue weighted by molar-refractivity contribution is 0.477. The Kier molecular flexibility index (Phi) is 3.83. The van der Waals surface area contributed by atoms with Crippen molar-refractivity contribution in [3.8, 4) is 11.5 Å². The van der Waals surface area contributed by atoms with Crippen LogP contribution in [0.25, 0.3) is 0 Å². The molecular formula is C18H14FNO. The molecule has 0 aliphatic rings. The molecular weight excluding hydrogens is 265 g/mol. The molecule has 0 spiro atoms. The molecule has 21 heavy (non-hydrogen) atoms. The molecule has 0 aromatic heterocycles. The molecule has 3 rings (SSSR count). The SMILES string of the molecule is Fc1cc(Nc2ccccc2)cc(Oc2ccccc2)c1. The van der Waals surface area contributed by atoms with Gasteiger partial charge in [-0.15, -0.1) is 0 Å². The molecule has 0 amide bonds. The van der Waals surface area contributed by atoms with E-state index in [-0.39, 0.29) is 5.82 Å². The molecule has 0 unspecified atom stereocenters. The molecule has 0 atom stereocenters. The van der Waals surface area contributed by atoms with Crippen molar-refractivity contribution in [2.75, 3.05) is 5.32 Å². The van der Waals surface area contributed by atoms with E-state index in [9.17, 15) is 4.39 Å². The summed E-state index contributed by atoms with van der Waals surface area (Å²) in [5.41, 5.74) is 1.54. The molecule has 0 saturated heterocycles. The topological polar surface area (TPSA) is 21.3 Å². The van der Waals surface area contributed by atoms with Crippen molar-refractivity contribution in [2.45, 2.75) is 0 Å². The molecule has 3 aromatic carbocycles. The fourth-order valence-corrected chi connectivity index (χ4v) is 2.01. The minimum absolute atomic E-state index is 0.345. The van der Waals surface area contributed by atoms with E-state index in [1.807, 2.05) is 60.7 Å². The third-order valence-electron chi connectivity index (χ3n) is 2.91. The van der Waals surface area contributed by atoms with Crippen molar-refractivity contribution in [2.24, 2.45) is 0 Å². The van der Waals surface area contributed by atoms with Gasteiger partial charge in [-0.05, 0) is 30.3 Å². The quantitative estimate of drug-likeness (QED) is 0.694. The van der Waals surface area contributed by atoms with Gasteiger partial charge in [-0.1, -0.05) is 36.4 Å². The minimum Gasteiger partial charge on any atom is -0.457 e. The Hall–Kier alpha value is -2.81. The maximum Gasteiger partial charge on any atom is 0.132 e. The summed E-state index contributed by atoms with van der Waals surface area (Å²) >= 11 is 0. The van der Waals surface area contributed by atoms with Gasteiger partial charge in [-0.25, -0.2) is 4.39 Å². The second kappa shape index (κ2) is 6.09. The van der Waals surface area contributed by atoms with Crippen LogP contribution in [0.15, 0.2) is 78.9 Å². The van der Waals surface area contributed by atoms with Crippen molar-refractivity contribution in [3.63, 3.8) is 0 Å². The zero-order valence-corrected chi connectivity index (χ0v) is 11.3. The molecule has 0 aliphatic carbocycles. The van der Waals surface area contributed by atoms with Crippen molar-refractivity contribution in [1.82, 2.24) is 0 Å². The predicted molar refractivity (Wildman–Crippen MR) is 82.6 cm³/mol. The third-order valence-corrected chi connectivity index (χ3v) is 2.91. The van der Waals surface area contributed by atoms with E-state index in [2.05, 4.69) is 5.32 Å². The molecule has 0 saturated carbocycles. The summed E-state index contributed by atoms with van der Waals surface area (Å²) in [5, 5.41) is 3.15. The first-order valence-electron chi connectivity index (χ1n) is 6.65. The van der Waals surface area contributed by atoms with E-state index in [4.69, 9.17) is 4.74 Å². The lowest BCUT2D eigenvalue weighted by Crippen LogP contribution is -1.92. The van der Waals surface area contributed by atoms with Crippen LogP contribution in [-0.2, 0) is 0 Å². The second-order valence-electron chi connectivity index (χ2n) is 4.58. The Morgan fingerprint density at radius 2 is 1.33 bits per heavy atom. The Labute approximate surface area is 122 Å². The van der Waals surface area contributed by atoms with Crippen molar-refractivity contribution < 1.29 is 9.13 Å². The first kappa shape index (κ1) is 13.2. The molecule has 2 nitrogen and oxygen atoms in total. The third kappa shape index (κ3) is 3.60. The van der Waals surface area contributed by atoms with Crippen LogP contribution >= 0.6 is 0 Å². The van der Waals surface area contributed by atoms with Crippen LogP contribution in [0.4, 0.5) is 15.8 Å². The first-order valence-corrected chi connectivity index (χ1v) is 6.65. The van der Waals surface area contributed by atoms with E-state index in [0.29, 0.717) is 17.2 Å². The summed E-state index contributed by atoms with van der Waals surface area (Å²) in [7, 11) is 0. The number of benzene rings is 3. The highest BCUT2D eigenvalue weighted by Gasteiger charge is 2.03. The number of ether oxygens (including phenoxy) is 1. The summed E-state index contributed by atoms with van der Waals surface area (Å²) in [6.07, 6.45) is 0. The van der Waals surface area contributed by atoms with Crippen LogP contribution in [0.2, 0.25) is 0 Å². The summed E-state index contributed by atoms with van der Waals surface area (Å²) < 4.78 is 19.4. The van der Waals surface area contributed by atoms with E-state index < -0.39 is 0 Å². The van der Waals surface area contributed by atoms with Crippen LogP contribution in [0.1, 0.15) is 0 Å². The van der Waals surface area contributed by atoms with Crippen LogP contribution < -0.4 is 10.1 Å². The van der Waals surface area contributed by atoms with E-state index in [1.54, 1.807) is 6.07 Å². The van der Waals surface area contributed by atoms with Gasteiger partial charge >= 0.3 is 0 Å². The van der Waals surface area contributed by atoms with Gasteiger partial charge in [0.2, 0.25) is 0 Å². The number of anilines is 2. The Balaban J connectivity index is 1.83. The Bertz CT molecular complexity index is 654. The second-order valence-corrected chi connectivity index (χ2v) is 4.58. The summed E-state index contributed by atoms with van der Waals surface area (Å²) in [6.45, 7) is 0. The molecule has 3 heteroatoms. The molecule has 0 bridgehead atoms. The van der Waals surface area contributed by atoms with Gasteiger partial charge in [0.25, 0.3) is 0 Å². The van der Waals surface area contributed by atoms with Crippen molar-refractivity contribution in [3.05, 3.63) is 84.7 Å². The van der Waals surface area contributed by atoms with Gasteiger partial charge in [0.1, 0.15) is 17.3 Å². The van der Waals surface area contributed by atoms with Gasteiger partial charge in [0, 0.05) is 23.5 Å². The Morgan fingerprint density at radius 3 is 2.05 bits per heavy atom. The number of hydrogen-bond donors (Lipinski definition) is 1. The molecule has 0 heterocycles. The van der Waals surface area contributed by atoms with Gasteiger partial charge in [0.05, 0.1) is 0 Å². The van der Waals surface area contributed by atoms with Gasteiger partial charge in [-0.3, -0.25) is 0 Å². The molecule has 104 valence electrons. The standard InChI is InChI=1S/C18H14FNO/c19-14-11-16(20-15-7-3-1-4-8-15)13-18(12-14)21-17-9-5-2-6-10-17/h1-13,20H. The van der Waals surface area contributed by atoms with Crippen molar-refractivity contribution >= 4 is 11.4 Å². The number of para-hydroxylation sites is 2. The predicted octanol–water partition coefficient (Wildman–Crippen LogP) is 5.36. The average Bonchev–Trinajstić information content (AvgIpc) is 2.48. The monoisotopic (exact) mass is 279 g/mol. The minimum atomic E-state index is -0.345. The number of hydrogen-bond acceptors (Lipinski definition) is 2. The van der Waals surface area contributed by atoms with Crippen LogP contribution in [0, 0.1) is 5.82 Å².